The average molecular weight is 381 g/mol. The van der Waals surface area contributed by atoms with Crippen LogP contribution in [0, 0.1) is 17.8 Å². The Balaban J connectivity index is 1.30. The van der Waals surface area contributed by atoms with E-state index in [1.54, 1.807) is 5.57 Å². The van der Waals surface area contributed by atoms with Crippen LogP contribution in [0.15, 0.2) is 35.9 Å². The van der Waals surface area contributed by atoms with Gasteiger partial charge in [-0.05, 0) is 73.8 Å². The molecule has 1 fully saturated rings. The molecule has 0 aromatic heterocycles. The van der Waals surface area contributed by atoms with Gasteiger partial charge in [-0.2, -0.15) is 0 Å². The summed E-state index contributed by atoms with van der Waals surface area (Å²) in [6.07, 6.45) is 23.9. The maximum atomic E-state index is 2.61. The Labute approximate surface area is 175 Å². The molecule has 0 N–H and O–H groups in total. The molecule has 0 heteroatoms. The number of allylic oxidation sites excluding steroid dienone is 2. The fourth-order valence-corrected chi connectivity index (χ4v) is 5.45. The van der Waals surface area contributed by atoms with E-state index < -0.39 is 0 Å². The lowest BCUT2D eigenvalue weighted by Gasteiger charge is -2.30. The lowest BCUT2D eigenvalue weighted by atomic mass is 9.76. The molecular formula is C28H44. The molecule has 3 rings (SSSR count). The van der Waals surface area contributed by atoms with Crippen molar-refractivity contribution in [3.63, 3.8) is 0 Å². The van der Waals surface area contributed by atoms with Crippen molar-refractivity contribution in [2.75, 3.05) is 0 Å². The van der Waals surface area contributed by atoms with Crippen molar-refractivity contribution in [2.24, 2.45) is 17.8 Å². The van der Waals surface area contributed by atoms with Gasteiger partial charge in [-0.25, -0.2) is 0 Å². The van der Waals surface area contributed by atoms with Gasteiger partial charge in [-0.1, -0.05) is 101 Å². The SMILES string of the molecule is CCCC[C@H]1CC[C@H](CCC2CC=C(CCc3ccc(CC)cc3)CC2)CC1. The van der Waals surface area contributed by atoms with E-state index in [1.165, 1.54) is 101 Å². The van der Waals surface area contributed by atoms with Gasteiger partial charge in [0, 0.05) is 0 Å². The van der Waals surface area contributed by atoms with Crippen molar-refractivity contribution in [1.29, 1.82) is 0 Å². The molecule has 1 saturated carbocycles. The maximum Gasteiger partial charge on any atom is -0.0241 e. The molecule has 1 aromatic carbocycles. The Morgan fingerprint density at radius 2 is 1.36 bits per heavy atom. The first kappa shape index (κ1) is 21.7. The van der Waals surface area contributed by atoms with Gasteiger partial charge in [0.05, 0.1) is 0 Å². The van der Waals surface area contributed by atoms with Crippen LogP contribution in [0.5, 0.6) is 0 Å². The molecule has 0 bridgehead atoms. The van der Waals surface area contributed by atoms with Crippen molar-refractivity contribution in [3.05, 3.63) is 47.0 Å². The van der Waals surface area contributed by atoms with Crippen LogP contribution >= 0.6 is 0 Å². The van der Waals surface area contributed by atoms with Crippen molar-refractivity contribution in [2.45, 2.75) is 110 Å². The van der Waals surface area contributed by atoms with E-state index in [0.717, 1.165) is 24.2 Å². The minimum atomic E-state index is 0.977. The van der Waals surface area contributed by atoms with Gasteiger partial charge in [-0.3, -0.25) is 0 Å². The van der Waals surface area contributed by atoms with Crippen LogP contribution < -0.4 is 0 Å². The lowest BCUT2D eigenvalue weighted by Crippen LogP contribution is -2.16. The molecule has 28 heavy (non-hydrogen) atoms. The van der Waals surface area contributed by atoms with Crippen molar-refractivity contribution < 1.29 is 0 Å². The Bertz CT molecular complexity index is 571. The predicted octanol–water partition coefficient (Wildman–Crippen LogP) is 8.68. The topological polar surface area (TPSA) is 0 Å². The average Bonchev–Trinajstić information content (AvgIpc) is 2.76. The zero-order valence-electron chi connectivity index (χ0n) is 18.7. The molecule has 1 unspecified atom stereocenters. The van der Waals surface area contributed by atoms with Crippen molar-refractivity contribution in [3.8, 4) is 0 Å². The lowest BCUT2D eigenvalue weighted by molar-refractivity contribution is 0.235. The predicted molar refractivity (Wildman–Crippen MR) is 124 cm³/mol. The third-order valence-electron chi connectivity index (χ3n) is 7.69. The second-order valence-corrected chi connectivity index (χ2v) is 9.78. The van der Waals surface area contributed by atoms with Gasteiger partial charge < -0.3 is 0 Å². The van der Waals surface area contributed by atoms with Crippen LogP contribution in [0.3, 0.4) is 0 Å². The fourth-order valence-electron chi connectivity index (χ4n) is 5.45. The number of unbranched alkanes of at least 4 members (excludes halogenated alkanes) is 1. The van der Waals surface area contributed by atoms with E-state index >= 15 is 0 Å². The first-order valence-corrected chi connectivity index (χ1v) is 12.5. The molecule has 156 valence electrons. The number of benzene rings is 1. The molecule has 0 amide bonds. The molecule has 2 aliphatic carbocycles. The number of hydrogen-bond acceptors (Lipinski definition) is 0. The minimum absolute atomic E-state index is 0.977. The Morgan fingerprint density at radius 1 is 0.714 bits per heavy atom. The van der Waals surface area contributed by atoms with Gasteiger partial charge >= 0.3 is 0 Å². The number of aryl methyl sites for hydroxylation is 2. The van der Waals surface area contributed by atoms with Gasteiger partial charge in [-0.15, -0.1) is 0 Å². The van der Waals surface area contributed by atoms with Gasteiger partial charge in [0.1, 0.15) is 0 Å². The van der Waals surface area contributed by atoms with Crippen LogP contribution in [-0.4, -0.2) is 0 Å². The smallest absolute Gasteiger partial charge is 0.0241 e. The van der Waals surface area contributed by atoms with Gasteiger partial charge in [0.25, 0.3) is 0 Å². The molecule has 1 atom stereocenters. The Morgan fingerprint density at radius 3 is 1.96 bits per heavy atom. The van der Waals surface area contributed by atoms with E-state index in [9.17, 15) is 0 Å². The van der Waals surface area contributed by atoms with Crippen molar-refractivity contribution in [1.82, 2.24) is 0 Å². The molecule has 2 aliphatic rings. The summed E-state index contributed by atoms with van der Waals surface area (Å²) < 4.78 is 0. The summed E-state index contributed by atoms with van der Waals surface area (Å²) in [5.41, 5.74) is 4.69. The summed E-state index contributed by atoms with van der Waals surface area (Å²) in [6, 6.07) is 9.28. The molecular weight excluding hydrogens is 336 g/mol. The summed E-state index contributed by atoms with van der Waals surface area (Å²) in [4.78, 5) is 0. The quantitative estimate of drug-likeness (QED) is 0.356. The first-order chi connectivity index (χ1) is 13.8. The third kappa shape index (κ3) is 7.09. The largest absolute Gasteiger partial charge is 0.0850 e. The highest BCUT2D eigenvalue weighted by molar-refractivity contribution is 5.23. The van der Waals surface area contributed by atoms with Crippen LogP contribution in [-0.2, 0) is 12.8 Å². The second-order valence-electron chi connectivity index (χ2n) is 9.78. The second kappa shape index (κ2) is 11.8. The highest BCUT2D eigenvalue weighted by Gasteiger charge is 2.22. The molecule has 0 spiro atoms. The first-order valence-electron chi connectivity index (χ1n) is 12.5. The van der Waals surface area contributed by atoms with Crippen LogP contribution in [0.1, 0.15) is 108 Å². The molecule has 1 aromatic rings. The van der Waals surface area contributed by atoms with E-state index in [0.29, 0.717) is 0 Å². The monoisotopic (exact) mass is 380 g/mol. The van der Waals surface area contributed by atoms with Crippen LogP contribution in [0.4, 0.5) is 0 Å². The van der Waals surface area contributed by atoms with Gasteiger partial charge in [0.15, 0.2) is 0 Å². The summed E-state index contributed by atoms with van der Waals surface area (Å²) >= 11 is 0. The van der Waals surface area contributed by atoms with Crippen LogP contribution in [0.25, 0.3) is 0 Å². The van der Waals surface area contributed by atoms with Crippen molar-refractivity contribution >= 4 is 0 Å². The zero-order valence-corrected chi connectivity index (χ0v) is 18.7. The Kier molecular flexibility index (Phi) is 9.16. The molecule has 0 aliphatic heterocycles. The standard InChI is InChI=1S/C28H44/c1-3-5-6-24-11-13-26(14-12-24)17-18-28-21-19-27(20-22-28)16-15-25-9-7-23(4-2)8-10-25/h7-10,19,24,26,28H,3-6,11-18,20-22H2,1-2H3/t24-,26-,28?. The summed E-state index contributed by atoms with van der Waals surface area (Å²) in [6.45, 7) is 4.57. The summed E-state index contributed by atoms with van der Waals surface area (Å²) in [5, 5.41) is 0. The number of rotatable bonds is 10. The van der Waals surface area contributed by atoms with E-state index in [4.69, 9.17) is 0 Å². The molecule has 0 saturated heterocycles. The van der Waals surface area contributed by atoms with Gasteiger partial charge in [0.2, 0.25) is 0 Å². The molecule has 0 radical (unpaired) electrons. The highest BCUT2D eigenvalue weighted by Crippen LogP contribution is 2.37. The van der Waals surface area contributed by atoms with E-state index in [2.05, 4.69) is 44.2 Å². The molecule has 0 nitrogen and oxygen atoms in total. The fraction of sp³-hybridized carbons (Fsp3) is 0.714. The van der Waals surface area contributed by atoms with E-state index in [-0.39, 0.29) is 0 Å². The van der Waals surface area contributed by atoms with E-state index in [1.807, 2.05) is 0 Å². The summed E-state index contributed by atoms with van der Waals surface area (Å²) in [5.74, 6) is 3.09. The van der Waals surface area contributed by atoms with Crippen LogP contribution in [0.2, 0.25) is 0 Å². The third-order valence-corrected chi connectivity index (χ3v) is 7.69. The Hall–Kier alpha value is -1.04. The minimum Gasteiger partial charge on any atom is -0.0850 e. The summed E-state index contributed by atoms with van der Waals surface area (Å²) in [7, 11) is 0. The maximum absolute atomic E-state index is 2.61. The number of hydrogen-bond donors (Lipinski definition) is 0. The normalized spacial score (nSPS) is 25.5. The highest BCUT2D eigenvalue weighted by atomic mass is 14.3. The molecule has 0 heterocycles. The zero-order chi connectivity index (χ0) is 19.6.